The third-order valence-electron chi connectivity index (χ3n) is 2.85. The number of carboxylic acid groups (broad SMARTS) is 1. The average Bonchev–Trinajstić information content (AvgIpc) is 2.95. The highest BCUT2D eigenvalue weighted by molar-refractivity contribution is 8.26. The third-order valence-corrected chi connectivity index (χ3v) is 5.32. The standard InChI is InChI=1S/C12H14N2O3S3/c1-2-13-5-6-19-9(13)4-3-8-11(17)14(7-10(15)16)12(18)20-8/h3-4H,2,5-7H2,1H3,(H,15,16)/b8-3-,9-4-. The van der Waals surface area contributed by atoms with E-state index in [1.54, 1.807) is 17.8 Å². The van der Waals surface area contributed by atoms with Crippen molar-refractivity contribution in [2.75, 3.05) is 25.4 Å². The summed E-state index contributed by atoms with van der Waals surface area (Å²) in [5.41, 5.74) is 0. The van der Waals surface area contributed by atoms with Crippen molar-refractivity contribution in [2.24, 2.45) is 0 Å². The molecule has 2 rings (SSSR count). The molecule has 0 aromatic carbocycles. The number of allylic oxidation sites excluding steroid dienone is 2. The summed E-state index contributed by atoms with van der Waals surface area (Å²) in [6.45, 7) is 3.66. The van der Waals surface area contributed by atoms with Crippen LogP contribution in [0.5, 0.6) is 0 Å². The van der Waals surface area contributed by atoms with Crippen molar-refractivity contribution in [3.8, 4) is 0 Å². The van der Waals surface area contributed by atoms with Crippen LogP contribution in [0.15, 0.2) is 22.1 Å². The Morgan fingerprint density at radius 2 is 2.25 bits per heavy atom. The van der Waals surface area contributed by atoms with Gasteiger partial charge in [-0.25, -0.2) is 0 Å². The molecule has 5 nitrogen and oxygen atoms in total. The Bertz CT molecular complexity index is 516. The van der Waals surface area contributed by atoms with E-state index in [2.05, 4.69) is 11.8 Å². The van der Waals surface area contributed by atoms with E-state index in [0.29, 0.717) is 9.23 Å². The van der Waals surface area contributed by atoms with Gasteiger partial charge in [0, 0.05) is 18.8 Å². The van der Waals surface area contributed by atoms with Crippen LogP contribution >= 0.6 is 35.7 Å². The van der Waals surface area contributed by atoms with Crippen molar-refractivity contribution in [3.63, 3.8) is 0 Å². The van der Waals surface area contributed by atoms with Gasteiger partial charge >= 0.3 is 5.97 Å². The summed E-state index contributed by atoms with van der Waals surface area (Å²) in [7, 11) is 0. The summed E-state index contributed by atoms with van der Waals surface area (Å²) < 4.78 is 0.300. The molecule has 0 aliphatic carbocycles. The lowest BCUT2D eigenvalue weighted by Crippen LogP contribution is -2.33. The molecule has 8 heteroatoms. The molecule has 0 saturated carbocycles. The molecule has 0 spiro atoms. The van der Waals surface area contributed by atoms with Crippen LogP contribution in [0.25, 0.3) is 0 Å². The van der Waals surface area contributed by atoms with Crippen molar-refractivity contribution < 1.29 is 14.7 Å². The molecule has 2 fully saturated rings. The first-order valence-corrected chi connectivity index (χ1v) is 8.29. The van der Waals surface area contributed by atoms with Gasteiger partial charge in [0.05, 0.1) is 9.93 Å². The molecule has 0 aromatic rings. The number of hydrogen-bond donors (Lipinski definition) is 1. The summed E-state index contributed by atoms with van der Waals surface area (Å²) in [5.74, 6) is -0.345. The van der Waals surface area contributed by atoms with Gasteiger partial charge in [-0.1, -0.05) is 24.0 Å². The van der Waals surface area contributed by atoms with E-state index in [1.165, 1.54) is 0 Å². The maximum Gasteiger partial charge on any atom is 0.323 e. The second-order valence-corrected chi connectivity index (χ2v) is 6.91. The van der Waals surface area contributed by atoms with E-state index in [0.717, 1.165) is 40.5 Å². The second kappa shape index (κ2) is 6.64. The van der Waals surface area contributed by atoms with Gasteiger partial charge in [0.2, 0.25) is 0 Å². The maximum atomic E-state index is 12.0. The van der Waals surface area contributed by atoms with Gasteiger partial charge in [0.25, 0.3) is 5.91 Å². The fourth-order valence-corrected chi connectivity index (χ4v) is 4.15. The van der Waals surface area contributed by atoms with Gasteiger partial charge in [-0.05, 0) is 19.1 Å². The number of rotatable bonds is 4. The molecule has 0 unspecified atom stereocenters. The van der Waals surface area contributed by atoms with E-state index in [-0.39, 0.29) is 12.5 Å². The van der Waals surface area contributed by atoms with Crippen LogP contribution in [0.4, 0.5) is 0 Å². The second-order valence-electron chi connectivity index (χ2n) is 4.12. The van der Waals surface area contributed by atoms with Crippen molar-refractivity contribution in [2.45, 2.75) is 6.92 Å². The molecule has 0 radical (unpaired) electrons. The van der Waals surface area contributed by atoms with Gasteiger partial charge < -0.3 is 10.0 Å². The van der Waals surface area contributed by atoms with Crippen LogP contribution in [0.3, 0.4) is 0 Å². The average molecular weight is 330 g/mol. The van der Waals surface area contributed by atoms with Crippen LogP contribution in [-0.2, 0) is 9.59 Å². The zero-order chi connectivity index (χ0) is 14.7. The SMILES string of the molecule is CCN1CCS/C1=C\C=C1/SC(=S)N(CC(=O)O)C1=O. The van der Waals surface area contributed by atoms with Gasteiger partial charge in [-0.2, -0.15) is 0 Å². The molecular formula is C12H14N2O3S3. The molecule has 20 heavy (non-hydrogen) atoms. The molecule has 2 aliphatic rings. The monoisotopic (exact) mass is 330 g/mol. The quantitative estimate of drug-likeness (QED) is 0.622. The van der Waals surface area contributed by atoms with Gasteiger partial charge in [-0.3, -0.25) is 14.5 Å². The fraction of sp³-hybridized carbons (Fsp3) is 0.417. The minimum Gasteiger partial charge on any atom is -0.480 e. The molecule has 2 heterocycles. The Labute approximate surface area is 131 Å². The van der Waals surface area contributed by atoms with Crippen LogP contribution < -0.4 is 0 Å². The lowest BCUT2D eigenvalue weighted by molar-refractivity contribution is -0.140. The Morgan fingerprint density at radius 1 is 1.50 bits per heavy atom. The number of thioether (sulfide) groups is 2. The van der Waals surface area contributed by atoms with Crippen LogP contribution in [0, 0.1) is 0 Å². The first-order valence-electron chi connectivity index (χ1n) is 6.08. The Hall–Kier alpha value is -0.990. The number of aliphatic carboxylic acids is 1. The molecular weight excluding hydrogens is 316 g/mol. The van der Waals surface area contributed by atoms with E-state index in [9.17, 15) is 9.59 Å². The number of nitrogens with zero attached hydrogens (tertiary/aromatic N) is 2. The first kappa shape index (κ1) is 15.4. The predicted octanol–water partition coefficient (Wildman–Crippen LogP) is 1.73. The Balaban J connectivity index is 2.12. The van der Waals surface area contributed by atoms with Gasteiger partial charge in [0.15, 0.2) is 0 Å². The number of carbonyl (C=O) groups excluding carboxylic acids is 1. The van der Waals surface area contributed by atoms with Crippen LogP contribution in [0.1, 0.15) is 6.92 Å². The lowest BCUT2D eigenvalue weighted by atomic mass is 10.4. The number of amides is 1. The van der Waals surface area contributed by atoms with Crippen molar-refractivity contribution in [1.82, 2.24) is 9.80 Å². The summed E-state index contributed by atoms with van der Waals surface area (Å²) >= 11 is 7.94. The van der Waals surface area contributed by atoms with Gasteiger partial charge in [-0.15, -0.1) is 11.8 Å². The van der Waals surface area contributed by atoms with Crippen LogP contribution in [-0.4, -0.2) is 56.5 Å². The topological polar surface area (TPSA) is 60.9 Å². The fourth-order valence-electron chi connectivity index (χ4n) is 1.86. The summed E-state index contributed by atoms with van der Waals surface area (Å²) in [6.07, 6.45) is 3.64. The molecule has 1 amide bonds. The zero-order valence-corrected chi connectivity index (χ0v) is 13.3. The number of thiocarbonyl (C=S) groups is 1. The number of carboxylic acids is 1. The molecule has 0 aromatic heterocycles. The van der Waals surface area contributed by atoms with Crippen LogP contribution in [0.2, 0.25) is 0 Å². The number of carbonyl (C=O) groups is 2. The molecule has 1 N–H and O–H groups in total. The molecule has 2 saturated heterocycles. The highest BCUT2D eigenvalue weighted by Gasteiger charge is 2.33. The Kier molecular flexibility index (Phi) is 5.11. The van der Waals surface area contributed by atoms with E-state index in [4.69, 9.17) is 17.3 Å². The van der Waals surface area contributed by atoms with Crippen molar-refractivity contribution in [3.05, 3.63) is 22.1 Å². The van der Waals surface area contributed by atoms with Crippen molar-refractivity contribution in [1.29, 1.82) is 0 Å². The van der Waals surface area contributed by atoms with E-state index in [1.807, 2.05) is 6.08 Å². The predicted molar refractivity (Wildman–Crippen MR) is 85.4 cm³/mol. The highest BCUT2D eigenvalue weighted by Crippen LogP contribution is 2.32. The Morgan fingerprint density at radius 3 is 2.90 bits per heavy atom. The van der Waals surface area contributed by atoms with Crippen molar-refractivity contribution >= 4 is 51.9 Å². The molecule has 108 valence electrons. The van der Waals surface area contributed by atoms with E-state index < -0.39 is 5.97 Å². The number of hydrogen-bond acceptors (Lipinski definition) is 6. The van der Waals surface area contributed by atoms with Gasteiger partial charge in [0.1, 0.15) is 10.9 Å². The minimum absolute atomic E-state index is 0.300. The molecule has 0 atom stereocenters. The summed E-state index contributed by atoms with van der Waals surface area (Å²) in [4.78, 5) is 26.6. The zero-order valence-electron chi connectivity index (χ0n) is 10.9. The third kappa shape index (κ3) is 3.36. The van der Waals surface area contributed by atoms with E-state index >= 15 is 0 Å². The smallest absolute Gasteiger partial charge is 0.323 e. The summed E-state index contributed by atoms with van der Waals surface area (Å²) in [6, 6.07) is 0. The first-order chi connectivity index (χ1) is 9.52. The summed E-state index contributed by atoms with van der Waals surface area (Å²) in [5, 5.41) is 9.90. The normalized spacial score (nSPS) is 23.4. The lowest BCUT2D eigenvalue weighted by Gasteiger charge is -2.15. The molecule has 2 aliphatic heterocycles. The molecule has 0 bridgehead atoms. The highest BCUT2D eigenvalue weighted by atomic mass is 32.2. The largest absolute Gasteiger partial charge is 0.480 e. The minimum atomic E-state index is -1.07. The maximum absolute atomic E-state index is 12.0.